The second-order valence-electron chi connectivity index (χ2n) is 5.87. The monoisotopic (exact) mass is 362 g/mol. The highest BCUT2D eigenvalue weighted by Gasteiger charge is 2.17. The van der Waals surface area contributed by atoms with Crippen LogP contribution in [-0.2, 0) is 0 Å². The molecule has 26 heavy (non-hydrogen) atoms. The maximum absolute atomic E-state index is 12.6. The molecule has 0 spiro atoms. The highest BCUT2D eigenvalue weighted by Crippen LogP contribution is 2.30. The van der Waals surface area contributed by atoms with Crippen LogP contribution in [-0.4, -0.2) is 5.97 Å². The minimum atomic E-state index is -0.444. The van der Waals surface area contributed by atoms with Gasteiger partial charge in [-0.25, -0.2) is 9.59 Å². The zero-order valence-corrected chi connectivity index (χ0v) is 14.7. The molecular weight excluding hydrogens is 348 g/mol. The largest absolute Gasteiger partial charge is 0.423 e. The number of ether oxygens (including phenoxy) is 1. The van der Waals surface area contributed by atoms with Crippen LogP contribution in [0.25, 0.3) is 22.1 Å². The molecule has 0 unspecified atom stereocenters. The quantitative estimate of drug-likeness (QED) is 0.291. The number of fused-ring (bicyclic) bond motifs is 1. The molecule has 0 atom stereocenters. The Bertz CT molecular complexity index is 1150. The van der Waals surface area contributed by atoms with E-state index in [0.29, 0.717) is 16.2 Å². The summed E-state index contributed by atoms with van der Waals surface area (Å²) >= 11 is 1.33. The van der Waals surface area contributed by atoms with Crippen LogP contribution < -0.4 is 10.4 Å². The lowest BCUT2D eigenvalue weighted by atomic mass is 10.1. The van der Waals surface area contributed by atoms with Crippen LogP contribution in [0.1, 0.15) is 15.2 Å². The summed E-state index contributed by atoms with van der Waals surface area (Å²) in [5.74, 6) is -0.103. The lowest BCUT2D eigenvalue weighted by molar-refractivity contribution is 0.0741. The molecule has 0 bridgehead atoms. The Labute approximate surface area is 153 Å². The molecule has 4 rings (SSSR count). The van der Waals surface area contributed by atoms with Gasteiger partial charge in [0.05, 0.1) is 0 Å². The molecule has 4 aromatic rings. The number of carbonyl (C=O) groups is 1. The molecule has 0 aliphatic carbocycles. The molecule has 0 saturated heterocycles. The van der Waals surface area contributed by atoms with Crippen molar-refractivity contribution in [1.82, 2.24) is 0 Å². The smallest absolute Gasteiger partial charge is 0.354 e. The maximum atomic E-state index is 12.6. The molecule has 0 radical (unpaired) electrons. The fraction of sp³-hybridized carbons (Fsp3) is 0.0476. The van der Waals surface area contributed by atoms with Crippen LogP contribution in [0.4, 0.5) is 0 Å². The highest BCUT2D eigenvalue weighted by atomic mass is 32.1. The van der Waals surface area contributed by atoms with E-state index in [1.807, 2.05) is 42.6 Å². The standard InChI is InChI=1S/C21H14O4S/c1-13-2-4-14(5-3-13)17-10-11-26-20(17)21(23)24-16-8-6-15-7-9-19(22)25-18(15)12-16/h2-12H,1H3. The Morgan fingerprint density at radius 3 is 2.58 bits per heavy atom. The van der Waals surface area contributed by atoms with E-state index in [2.05, 4.69) is 0 Å². The summed E-state index contributed by atoms with van der Waals surface area (Å²) in [6, 6.07) is 17.9. The summed E-state index contributed by atoms with van der Waals surface area (Å²) in [5.41, 5.74) is 2.90. The number of thiophene rings is 1. The van der Waals surface area contributed by atoms with Gasteiger partial charge >= 0.3 is 11.6 Å². The Hall–Kier alpha value is -3.18. The van der Waals surface area contributed by atoms with Crippen molar-refractivity contribution < 1.29 is 13.9 Å². The van der Waals surface area contributed by atoms with Gasteiger partial charge in [-0.15, -0.1) is 11.3 Å². The predicted octanol–water partition coefficient (Wildman–Crippen LogP) is 5.05. The normalized spacial score (nSPS) is 10.8. The van der Waals surface area contributed by atoms with Crippen molar-refractivity contribution in [2.45, 2.75) is 6.92 Å². The van der Waals surface area contributed by atoms with Gasteiger partial charge in [0.15, 0.2) is 0 Å². The van der Waals surface area contributed by atoms with Gasteiger partial charge < -0.3 is 9.15 Å². The maximum Gasteiger partial charge on any atom is 0.354 e. The van der Waals surface area contributed by atoms with Gasteiger partial charge in [-0.3, -0.25) is 0 Å². The number of rotatable bonds is 3. The third kappa shape index (κ3) is 3.17. The van der Waals surface area contributed by atoms with E-state index in [-0.39, 0.29) is 0 Å². The fourth-order valence-electron chi connectivity index (χ4n) is 2.69. The van der Waals surface area contributed by atoms with Gasteiger partial charge in [0.25, 0.3) is 0 Å². The van der Waals surface area contributed by atoms with E-state index in [0.717, 1.165) is 22.1 Å². The van der Waals surface area contributed by atoms with Crippen molar-refractivity contribution in [1.29, 1.82) is 0 Å². The molecule has 0 saturated carbocycles. The van der Waals surface area contributed by atoms with Crippen molar-refractivity contribution in [2.75, 3.05) is 0 Å². The topological polar surface area (TPSA) is 56.5 Å². The van der Waals surface area contributed by atoms with Crippen molar-refractivity contribution in [2.24, 2.45) is 0 Å². The van der Waals surface area contributed by atoms with Crippen LogP contribution in [0.15, 0.2) is 75.3 Å². The Morgan fingerprint density at radius 1 is 1.00 bits per heavy atom. The third-order valence-corrected chi connectivity index (χ3v) is 4.91. The number of esters is 1. The average Bonchev–Trinajstić information content (AvgIpc) is 3.12. The molecule has 5 heteroatoms. The number of carbonyl (C=O) groups excluding carboxylic acids is 1. The van der Waals surface area contributed by atoms with E-state index < -0.39 is 11.6 Å². The fourth-order valence-corrected chi connectivity index (χ4v) is 3.48. The molecule has 0 aliphatic heterocycles. The van der Waals surface area contributed by atoms with Crippen molar-refractivity contribution in [3.63, 3.8) is 0 Å². The van der Waals surface area contributed by atoms with Gasteiger partial charge in [-0.05, 0) is 42.1 Å². The van der Waals surface area contributed by atoms with E-state index in [9.17, 15) is 9.59 Å². The first kappa shape index (κ1) is 16.3. The molecule has 128 valence electrons. The first-order valence-corrected chi connectivity index (χ1v) is 8.89. The van der Waals surface area contributed by atoms with Crippen molar-refractivity contribution >= 4 is 28.3 Å². The summed E-state index contributed by atoms with van der Waals surface area (Å²) in [4.78, 5) is 24.5. The minimum absolute atomic E-state index is 0.333. The highest BCUT2D eigenvalue weighted by molar-refractivity contribution is 7.12. The second-order valence-corrected chi connectivity index (χ2v) is 6.79. The van der Waals surface area contributed by atoms with Crippen LogP contribution >= 0.6 is 11.3 Å². The van der Waals surface area contributed by atoms with E-state index in [1.54, 1.807) is 24.3 Å². The molecule has 2 aromatic carbocycles. The summed E-state index contributed by atoms with van der Waals surface area (Å²) in [6.07, 6.45) is 0. The van der Waals surface area contributed by atoms with E-state index in [4.69, 9.17) is 9.15 Å². The Morgan fingerprint density at radius 2 is 1.77 bits per heavy atom. The molecular formula is C21H14O4S. The van der Waals surface area contributed by atoms with Gasteiger partial charge in [0, 0.05) is 23.1 Å². The van der Waals surface area contributed by atoms with Crippen molar-refractivity contribution in [3.05, 3.63) is 86.9 Å². The number of hydrogen-bond acceptors (Lipinski definition) is 5. The van der Waals surface area contributed by atoms with Crippen LogP contribution in [0, 0.1) is 6.92 Å². The predicted molar refractivity (Wildman–Crippen MR) is 102 cm³/mol. The summed E-state index contributed by atoms with van der Waals surface area (Å²) in [7, 11) is 0. The summed E-state index contributed by atoms with van der Waals surface area (Å²) in [6.45, 7) is 2.02. The number of aryl methyl sites for hydroxylation is 1. The van der Waals surface area contributed by atoms with Crippen LogP contribution in [0.2, 0.25) is 0 Å². The zero-order valence-electron chi connectivity index (χ0n) is 13.9. The molecule has 0 N–H and O–H groups in total. The molecule has 0 fully saturated rings. The molecule has 0 aliphatic rings. The van der Waals surface area contributed by atoms with Gasteiger partial charge in [-0.1, -0.05) is 29.8 Å². The van der Waals surface area contributed by atoms with Crippen LogP contribution in [0.5, 0.6) is 5.75 Å². The third-order valence-electron chi connectivity index (χ3n) is 4.02. The number of hydrogen-bond donors (Lipinski definition) is 0. The van der Waals surface area contributed by atoms with Crippen LogP contribution in [0.3, 0.4) is 0 Å². The number of benzene rings is 2. The minimum Gasteiger partial charge on any atom is -0.423 e. The zero-order chi connectivity index (χ0) is 18.1. The lowest BCUT2D eigenvalue weighted by Gasteiger charge is -2.06. The summed E-state index contributed by atoms with van der Waals surface area (Å²) in [5, 5.41) is 2.63. The van der Waals surface area contributed by atoms with Crippen molar-refractivity contribution in [3.8, 4) is 16.9 Å². The molecule has 2 aromatic heterocycles. The summed E-state index contributed by atoms with van der Waals surface area (Å²) < 4.78 is 10.6. The van der Waals surface area contributed by atoms with Gasteiger partial charge in [0.2, 0.25) is 0 Å². The second kappa shape index (κ2) is 6.61. The average molecular weight is 362 g/mol. The molecule has 4 nitrogen and oxygen atoms in total. The molecule has 2 heterocycles. The van der Waals surface area contributed by atoms with Gasteiger partial charge in [-0.2, -0.15) is 0 Å². The van der Waals surface area contributed by atoms with E-state index in [1.165, 1.54) is 17.4 Å². The first-order chi connectivity index (χ1) is 12.6. The SMILES string of the molecule is Cc1ccc(-c2ccsc2C(=O)Oc2ccc3ccc(=O)oc3c2)cc1. The van der Waals surface area contributed by atoms with Gasteiger partial charge in [0.1, 0.15) is 16.2 Å². The lowest BCUT2D eigenvalue weighted by Crippen LogP contribution is -2.07. The van der Waals surface area contributed by atoms with E-state index >= 15 is 0 Å². The Kier molecular flexibility index (Phi) is 4.14. The Balaban J connectivity index is 1.64. The molecule has 0 amide bonds. The first-order valence-electron chi connectivity index (χ1n) is 8.01.